The van der Waals surface area contributed by atoms with Crippen molar-refractivity contribution in [2.45, 2.75) is 26.3 Å². The highest BCUT2D eigenvalue weighted by Gasteiger charge is 2.16. The van der Waals surface area contributed by atoms with Crippen LogP contribution in [-0.2, 0) is 6.54 Å². The Labute approximate surface area is 109 Å². The molecule has 3 nitrogen and oxygen atoms in total. The van der Waals surface area contributed by atoms with Crippen molar-refractivity contribution < 1.29 is 13.6 Å². The number of hydrogen-bond donors (Lipinski definition) is 0. The van der Waals surface area contributed by atoms with Crippen molar-refractivity contribution in [2.24, 2.45) is 0 Å². The van der Waals surface area contributed by atoms with Gasteiger partial charge < -0.3 is 0 Å². The maximum Gasteiger partial charge on any atom is 0.168 e. The van der Waals surface area contributed by atoms with Crippen molar-refractivity contribution >= 4 is 6.29 Å². The highest BCUT2D eigenvalue weighted by atomic mass is 19.2. The van der Waals surface area contributed by atoms with Gasteiger partial charge in [-0.3, -0.25) is 9.48 Å². The molecule has 0 fully saturated rings. The number of aromatic nitrogens is 2. The van der Waals surface area contributed by atoms with Gasteiger partial charge >= 0.3 is 0 Å². The number of halogens is 2. The molecule has 0 aliphatic heterocycles. The zero-order valence-electron chi connectivity index (χ0n) is 10.6. The van der Waals surface area contributed by atoms with Crippen LogP contribution in [0.25, 0.3) is 11.3 Å². The van der Waals surface area contributed by atoms with Gasteiger partial charge in [0.05, 0.1) is 5.56 Å². The Bertz CT molecular complexity index is 593. The quantitative estimate of drug-likeness (QED) is 0.775. The Morgan fingerprint density at radius 3 is 2.84 bits per heavy atom. The van der Waals surface area contributed by atoms with Gasteiger partial charge in [0.15, 0.2) is 17.9 Å². The first-order valence-electron chi connectivity index (χ1n) is 6.14. The Balaban J connectivity index is 2.45. The molecule has 1 heterocycles. The van der Waals surface area contributed by atoms with Gasteiger partial charge in [-0.1, -0.05) is 19.4 Å². The van der Waals surface area contributed by atoms with Crippen LogP contribution in [0, 0.1) is 11.6 Å². The zero-order valence-corrected chi connectivity index (χ0v) is 10.6. The Morgan fingerprint density at radius 2 is 2.16 bits per heavy atom. The van der Waals surface area contributed by atoms with Crippen molar-refractivity contribution in [1.29, 1.82) is 0 Å². The Morgan fingerprint density at radius 1 is 1.37 bits per heavy atom. The molecule has 0 saturated carbocycles. The van der Waals surface area contributed by atoms with Crippen molar-refractivity contribution in [3.8, 4) is 11.3 Å². The zero-order chi connectivity index (χ0) is 13.8. The number of benzene rings is 1. The van der Waals surface area contributed by atoms with E-state index >= 15 is 0 Å². The molecule has 5 heteroatoms. The van der Waals surface area contributed by atoms with Crippen LogP contribution in [0.1, 0.15) is 30.1 Å². The van der Waals surface area contributed by atoms with Crippen molar-refractivity contribution in [3.63, 3.8) is 0 Å². The number of rotatable bonds is 5. The fourth-order valence-corrected chi connectivity index (χ4v) is 1.85. The summed E-state index contributed by atoms with van der Waals surface area (Å²) >= 11 is 0. The minimum absolute atomic E-state index is 0.0114. The Hall–Kier alpha value is -2.04. The van der Waals surface area contributed by atoms with Gasteiger partial charge in [0.2, 0.25) is 0 Å². The van der Waals surface area contributed by atoms with Gasteiger partial charge in [0.1, 0.15) is 5.69 Å². The number of carbonyl (C=O) groups is 1. The molecule has 1 aromatic heterocycles. The average molecular weight is 264 g/mol. The molecule has 2 rings (SSSR count). The molecule has 19 heavy (non-hydrogen) atoms. The Kier molecular flexibility index (Phi) is 4.04. The molecule has 0 unspecified atom stereocenters. The lowest BCUT2D eigenvalue weighted by molar-refractivity contribution is 0.112. The van der Waals surface area contributed by atoms with E-state index in [0.29, 0.717) is 12.8 Å². The smallest absolute Gasteiger partial charge is 0.168 e. The lowest BCUT2D eigenvalue weighted by Gasteiger charge is -2.01. The second kappa shape index (κ2) is 5.73. The van der Waals surface area contributed by atoms with Gasteiger partial charge in [-0.15, -0.1) is 0 Å². The van der Waals surface area contributed by atoms with E-state index in [9.17, 15) is 13.6 Å². The monoisotopic (exact) mass is 264 g/mol. The molecule has 100 valence electrons. The fraction of sp³-hybridized carbons (Fsp3) is 0.286. The van der Waals surface area contributed by atoms with E-state index < -0.39 is 11.6 Å². The number of hydrogen-bond acceptors (Lipinski definition) is 2. The van der Waals surface area contributed by atoms with E-state index in [-0.39, 0.29) is 16.8 Å². The van der Waals surface area contributed by atoms with Crippen molar-refractivity contribution in [2.75, 3.05) is 0 Å². The second-order valence-electron chi connectivity index (χ2n) is 4.27. The minimum Gasteiger partial charge on any atom is -0.298 e. The van der Waals surface area contributed by atoms with E-state index in [1.807, 2.05) is 6.92 Å². The summed E-state index contributed by atoms with van der Waals surface area (Å²) in [5, 5.41) is 4.17. The summed E-state index contributed by atoms with van der Waals surface area (Å²) in [6, 6.07) is 3.85. The van der Waals surface area contributed by atoms with E-state index in [4.69, 9.17) is 0 Å². The van der Waals surface area contributed by atoms with Gasteiger partial charge in [0, 0.05) is 18.3 Å². The number of aldehydes is 1. The molecule has 0 saturated heterocycles. The first-order chi connectivity index (χ1) is 9.17. The average Bonchev–Trinajstić information content (AvgIpc) is 2.82. The molecule has 1 aromatic carbocycles. The lowest BCUT2D eigenvalue weighted by Crippen LogP contribution is -1.98. The molecule has 0 bridgehead atoms. The summed E-state index contributed by atoms with van der Waals surface area (Å²) < 4.78 is 28.5. The summed E-state index contributed by atoms with van der Waals surface area (Å²) in [4.78, 5) is 11.0. The molecule has 0 aliphatic carbocycles. The third kappa shape index (κ3) is 2.70. The predicted molar refractivity (Wildman–Crippen MR) is 67.9 cm³/mol. The summed E-state index contributed by atoms with van der Waals surface area (Å²) in [6.45, 7) is 2.69. The summed E-state index contributed by atoms with van der Waals surface area (Å²) in [5.74, 6) is -1.93. The van der Waals surface area contributed by atoms with Crippen LogP contribution in [0.2, 0.25) is 0 Å². The minimum atomic E-state index is -0.980. The van der Waals surface area contributed by atoms with Gasteiger partial charge in [-0.05, 0) is 18.6 Å². The third-order valence-electron chi connectivity index (χ3n) is 2.86. The van der Waals surface area contributed by atoms with Crippen molar-refractivity contribution in [1.82, 2.24) is 9.78 Å². The molecular weight excluding hydrogens is 250 g/mol. The maximum absolute atomic E-state index is 13.7. The second-order valence-corrected chi connectivity index (χ2v) is 4.27. The molecule has 0 N–H and O–H groups in total. The number of unbranched alkanes of at least 4 members (excludes halogenated alkanes) is 1. The van der Waals surface area contributed by atoms with Crippen LogP contribution < -0.4 is 0 Å². The first-order valence-corrected chi connectivity index (χ1v) is 6.14. The van der Waals surface area contributed by atoms with Crippen LogP contribution in [0.3, 0.4) is 0 Å². The van der Waals surface area contributed by atoms with Crippen LogP contribution in [0.4, 0.5) is 8.78 Å². The standard InChI is InChI=1S/C14H14F2N2O/c1-2-3-7-18-8-10(9-19)14(17-18)11-5-4-6-12(15)13(11)16/h4-6,8-9H,2-3,7H2,1H3. The molecule has 0 atom stereocenters. The van der Waals surface area contributed by atoms with E-state index in [1.54, 1.807) is 10.9 Å². The number of aryl methyl sites for hydroxylation is 1. The van der Waals surface area contributed by atoms with E-state index in [2.05, 4.69) is 5.10 Å². The molecule has 0 aliphatic rings. The van der Waals surface area contributed by atoms with E-state index in [1.165, 1.54) is 12.1 Å². The molecule has 0 spiro atoms. The highest BCUT2D eigenvalue weighted by molar-refractivity contribution is 5.85. The predicted octanol–water partition coefficient (Wildman–Crippen LogP) is 3.44. The molecule has 0 amide bonds. The lowest BCUT2D eigenvalue weighted by atomic mass is 10.1. The summed E-state index contributed by atoms with van der Waals surface area (Å²) in [5.41, 5.74) is 0.459. The third-order valence-corrected chi connectivity index (χ3v) is 2.86. The first kappa shape index (κ1) is 13.4. The van der Waals surface area contributed by atoms with Gasteiger partial charge in [-0.25, -0.2) is 8.78 Å². The molecule has 0 radical (unpaired) electrons. The van der Waals surface area contributed by atoms with Crippen LogP contribution in [0.5, 0.6) is 0 Å². The van der Waals surface area contributed by atoms with Gasteiger partial charge in [-0.2, -0.15) is 5.10 Å². The highest BCUT2D eigenvalue weighted by Crippen LogP contribution is 2.25. The van der Waals surface area contributed by atoms with Crippen LogP contribution in [-0.4, -0.2) is 16.1 Å². The molecular formula is C14H14F2N2O. The van der Waals surface area contributed by atoms with Crippen LogP contribution >= 0.6 is 0 Å². The SMILES string of the molecule is CCCCn1cc(C=O)c(-c2cccc(F)c2F)n1. The number of carbonyl (C=O) groups excluding carboxylic acids is 1. The van der Waals surface area contributed by atoms with Crippen LogP contribution in [0.15, 0.2) is 24.4 Å². The molecule has 2 aromatic rings. The van der Waals surface area contributed by atoms with Crippen molar-refractivity contribution in [3.05, 3.63) is 41.6 Å². The largest absolute Gasteiger partial charge is 0.298 e. The maximum atomic E-state index is 13.7. The topological polar surface area (TPSA) is 34.9 Å². The summed E-state index contributed by atoms with van der Waals surface area (Å²) in [6.07, 6.45) is 4.06. The number of nitrogens with zero attached hydrogens (tertiary/aromatic N) is 2. The van der Waals surface area contributed by atoms with E-state index in [0.717, 1.165) is 18.9 Å². The normalized spacial score (nSPS) is 10.7. The summed E-state index contributed by atoms with van der Waals surface area (Å²) in [7, 11) is 0. The van der Waals surface area contributed by atoms with Gasteiger partial charge in [0.25, 0.3) is 0 Å². The fourth-order valence-electron chi connectivity index (χ4n) is 1.85.